The van der Waals surface area contributed by atoms with Crippen LogP contribution in [0.15, 0.2) is 42.5 Å². The summed E-state index contributed by atoms with van der Waals surface area (Å²) in [5, 5.41) is 0.430. The van der Waals surface area contributed by atoms with Crippen LogP contribution < -0.4 is 16.2 Å². The number of nitrogen functional groups attached to an aromatic ring is 1. The Morgan fingerprint density at radius 1 is 1.25 bits per heavy atom. The molecule has 0 unspecified atom stereocenters. The van der Waals surface area contributed by atoms with Gasteiger partial charge in [0.05, 0.1) is 11.3 Å². The van der Waals surface area contributed by atoms with E-state index in [-0.39, 0.29) is 11.7 Å². The number of carbonyl (C=O) groups is 1. The smallest absolute Gasteiger partial charge is 0.260 e. The minimum atomic E-state index is -0.360. The lowest BCUT2D eigenvalue weighted by atomic mass is 10.1. The summed E-state index contributed by atoms with van der Waals surface area (Å²) in [4.78, 5) is 13.8. The van der Waals surface area contributed by atoms with Gasteiger partial charge in [0.25, 0.3) is 5.91 Å². The number of hydrogen-bond acceptors (Lipinski definition) is 3. The molecule has 2 aromatic carbocycles. The zero-order valence-electron chi connectivity index (χ0n) is 10.7. The summed E-state index contributed by atoms with van der Waals surface area (Å²) >= 11 is 5.90. The normalized spacial score (nSPS) is 10.2. The van der Waals surface area contributed by atoms with Gasteiger partial charge in [0.2, 0.25) is 0 Å². The molecule has 3 N–H and O–H groups in total. The molecule has 0 aliphatic carbocycles. The van der Waals surface area contributed by atoms with Crippen LogP contribution in [0, 0.1) is 5.82 Å². The van der Waals surface area contributed by atoms with E-state index >= 15 is 0 Å². The number of amides is 1. The van der Waals surface area contributed by atoms with Gasteiger partial charge in [0, 0.05) is 17.8 Å². The number of nitrogens with zero attached hydrogens (tertiary/aromatic N) is 1. The predicted octanol–water partition coefficient (Wildman–Crippen LogP) is 3.04. The van der Waals surface area contributed by atoms with Gasteiger partial charge in [0.15, 0.2) is 0 Å². The number of hydrazine groups is 1. The first-order chi connectivity index (χ1) is 9.52. The highest BCUT2D eigenvalue weighted by molar-refractivity contribution is 6.31. The summed E-state index contributed by atoms with van der Waals surface area (Å²) < 4.78 is 12.9. The zero-order valence-corrected chi connectivity index (χ0v) is 11.5. The highest BCUT2D eigenvalue weighted by Gasteiger charge is 2.17. The molecule has 4 nitrogen and oxygen atoms in total. The Hall–Kier alpha value is -2.11. The molecule has 0 spiro atoms. The average molecular weight is 294 g/mol. The second kappa shape index (κ2) is 5.90. The van der Waals surface area contributed by atoms with Crippen molar-refractivity contribution in [1.29, 1.82) is 0 Å². The minimum absolute atomic E-state index is 0.299. The second-order valence-corrected chi connectivity index (χ2v) is 4.61. The number of nitrogens with one attached hydrogen (secondary N) is 1. The molecule has 2 rings (SSSR count). The molecule has 0 heterocycles. The van der Waals surface area contributed by atoms with Crippen molar-refractivity contribution in [1.82, 2.24) is 0 Å². The first-order valence-corrected chi connectivity index (χ1v) is 6.20. The van der Waals surface area contributed by atoms with Crippen molar-refractivity contribution < 1.29 is 9.18 Å². The summed E-state index contributed by atoms with van der Waals surface area (Å²) in [5.74, 6) is 4.73. The molecule has 20 heavy (non-hydrogen) atoms. The quantitative estimate of drug-likeness (QED) is 0.675. The van der Waals surface area contributed by atoms with Crippen molar-refractivity contribution in [2.75, 3.05) is 17.4 Å². The first kappa shape index (κ1) is 14.3. The molecule has 6 heteroatoms. The number of anilines is 2. The topological polar surface area (TPSA) is 58.4 Å². The summed E-state index contributed by atoms with van der Waals surface area (Å²) in [5.41, 5.74) is 3.83. The van der Waals surface area contributed by atoms with Crippen LogP contribution in [0.2, 0.25) is 5.02 Å². The van der Waals surface area contributed by atoms with Crippen LogP contribution in [0.3, 0.4) is 0 Å². The number of rotatable bonds is 3. The van der Waals surface area contributed by atoms with E-state index in [0.717, 1.165) is 0 Å². The van der Waals surface area contributed by atoms with E-state index in [2.05, 4.69) is 5.43 Å². The molecule has 2 aromatic rings. The third-order valence-electron chi connectivity index (χ3n) is 2.89. The van der Waals surface area contributed by atoms with Gasteiger partial charge in [-0.25, -0.2) is 4.39 Å². The van der Waals surface area contributed by atoms with Gasteiger partial charge in [-0.2, -0.15) is 0 Å². The molecule has 0 saturated heterocycles. The molecule has 0 aliphatic heterocycles. The fourth-order valence-electron chi connectivity index (χ4n) is 1.78. The summed E-state index contributed by atoms with van der Waals surface area (Å²) in [7, 11) is 1.59. The van der Waals surface area contributed by atoms with Crippen LogP contribution in [0.1, 0.15) is 10.4 Å². The standard InChI is InChI=1S/C14H13ClFN3O/c1-19(11-5-3-10(16)4-6-11)14(20)12-8-9(15)2-7-13(12)18-17/h2-8,18H,17H2,1H3. The third kappa shape index (κ3) is 2.89. The number of nitrogens with two attached hydrogens (primary N) is 1. The van der Waals surface area contributed by atoms with Crippen LogP contribution in [0.25, 0.3) is 0 Å². The molecule has 0 aromatic heterocycles. The molecular weight excluding hydrogens is 281 g/mol. The Labute approximate surface area is 120 Å². The van der Waals surface area contributed by atoms with Crippen LogP contribution >= 0.6 is 11.6 Å². The monoisotopic (exact) mass is 293 g/mol. The van der Waals surface area contributed by atoms with Crippen LogP contribution in [-0.4, -0.2) is 13.0 Å². The Bertz CT molecular complexity index is 631. The highest BCUT2D eigenvalue weighted by atomic mass is 35.5. The fraction of sp³-hybridized carbons (Fsp3) is 0.0714. The Morgan fingerprint density at radius 2 is 1.90 bits per heavy atom. The van der Waals surface area contributed by atoms with E-state index in [1.54, 1.807) is 19.2 Å². The lowest BCUT2D eigenvalue weighted by Crippen LogP contribution is -2.27. The van der Waals surface area contributed by atoms with Gasteiger partial charge < -0.3 is 10.3 Å². The van der Waals surface area contributed by atoms with E-state index in [1.807, 2.05) is 0 Å². The lowest BCUT2D eigenvalue weighted by molar-refractivity contribution is 0.0993. The van der Waals surface area contributed by atoms with E-state index in [9.17, 15) is 9.18 Å². The van der Waals surface area contributed by atoms with Crippen LogP contribution in [0.4, 0.5) is 15.8 Å². The van der Waals surface area contributed by atoms with Gasteiger partial charge in [-0.3, -0.25) is 10.6 Å². The number of benzene rings is 2. The Morgan fingerprint density at radius 3 is 2.50 bits per heavy atom. The zero-order chi connectivity index (χ0) is 14.7. The summed E-state index contributed by atoms with van der Waals surface area (Å²) in [6.07, 6.45) is 0. The van der Waals surface area contributed by atoms with Gasteiger partial charge >= 0.3 is 0 Å². The summed E-state index contributed by atoms with van der Waals surface area (Å²) in [6, 6.07) is 10.4. The molecule has 1 amide bonds. The lowest BCUT2D eigenvalue weighted by Gasteiger charge is -2.19. The number of carbonyl (C=O) groups excluding carboxylic acids is 1. The van der Waals surface area contributed by atoms with Crippen molar-refractivity contribution in [3.8, 4) is 0 Å². The maximum atomic E-state index is 12.9. The Kier molecular flexibility index (Phi) is 4.22. The highest BCUT2D eigenvalue weighted by Crippen LogP contribution is 2.23. The van der Waals surface area contributed by atoms with Crippen LogP contribution in [-0.2, 0) is 0 Å². The van der Waals surface area contributed by atoms with Gasteiger partial charge in [-0.15, -0.1) is 0 Å². The van der Waals surface area contributed by atoms with Gasteiger partial charge in [-0.1, -0.05) is 11.6 Å². The molecular formula is C14H13ClFN3O. The second-order valence-electron chi connectivity index (χ2n) is 4.17. The molecule has 0 saturated carbocycles. The molecule has 0 fully saturated rings. The van der Waals surface area contributed by atoms with Gasteiger partial charge in [0.1, 0.15) is 5.82 Å². The Balaban J connectivity index is 2.35. The minimum Gasteiger partial charge on any atom is -0.323 e. The fourth-order valence-corrected chi connectivity index (χ4v) is 1.95. The summed E-state index contributed by atoms with van der Waals surface area (Å²) in [6.45, 7) is 0. The number of hydrogen-bond donors (Lipinski definition) is 2. The van der Waals surface area contributed by atoms with Crippen LogP contribution in [0.5, 0.6) is 0 Å². The molecule has 0 atom stereocenters. The van der Waals surface area contributed by atoms with Crippen molar-refractivity contribution in [3.05, 3.63) is 58.9 Å². The van der Waals surface area contributed by atoms with E-state index in [4.69, 9.17) is 17.4 Å². The average Bonchev–Trinajstić information content (AvgIpc) is 2.46. The largest absolute Gasteiger partial charge is 0.323 e. The van der Waals surface area contributed by atoms with E-state index in [0.29, 0.717) is 22.0 Å². The first-order valence-electron chi connectivity index (χ1n) is 5.82. The molecule has 0 radical (unpaired) electrons. The molecule has 104 valence electrons. The van der Waals surface area contributed by atoms with Gasteiger partial charge in [-0.05, 0) is 42.5 Å². The number of halogens is 2. The van der Waals surface area contributed by atoms with Crippen molar-refractivity contribution in [2.45, 2.75) is 0 Å². The van der Waals surface area contributed by atoms with Crippen molar-refractivity contribution >= 4 is 28.9 Å². The van der Waals surface area contributed by atoms with Crippen molar-refractivity contribution in [2.24, 2.45) is 5.84 Å². The van der Waals surface area contributed by atoms with E-state index < -0.39 is 0 Å². The predicted molar refractivity (Wildman–Crippen MR) is 78.4 cm³/mol. The maximum absolute atomic E-state index is 12.9. The van der Waals surface area contributed by atoms with E-state index in [1.165, 1.54) is 35.2 Å². The SMILES string of the molecule is CN(C(=O)c1cc(Cl)ccc1NN)c1ccc(F)cc1. The molecule has 0 aliphatic rings. The molecule has 0 bridgehead atoms. The third-order valence-corrected chi connectivity index (χ3v) is 3.12. The maximum Gasteiger partial charge on any atom is 0.260 e. The van der Waals surface area contributed by atoms with Crippen molar-refractivity contribution in [3.63, 3.8) is 0 Å².